The summed E-state index contributed by atoms with van der Waals surface area (Å²) in [7, 11) is 1.56. The normalized spacial score (nSPS) is 17.7. The molecule has 1 fully saturated rings. The van der Waals surface area contributed by atoms with Gasteiger partial charge in [0, 0.05) is 11.1 Å². The topological polar surface area (TPSA) is 66.8 Å². The number of aliphatic carboxylic acids is 1. The first-order valence-corrected chi connectivity index (χ1v) is 7.38. The Labute approximate surface area is 125 Å². The Hall–Kier alpha value is -1.71. The number of carbonyl (C=O) groups is 1. The number of ether oxygens (including phenoxy) is 1. The Balaban J connectivity index is 2.70. The summed E-state index contributed by atoms with van der Waals surface area (Å²) < 4.78 is 5.33. The highest BCUT2D eigenvalue weighted by molar-refractivity contribution is 5.83. The summed E-state index contributed by atoms with van der Waals surface area (Å²) in [6.45, 7) is 5.98. The summed E-state index contributed by atoms with van der Waals surface area (Å²) in [5.41, 5.74) is -0.0502. The van der Waals surface area contributed by atoms with Crippen molar-refractivity contribution in [2.75, 3.05) is 7.11 Å². The number of methoxy groups -OCH3 is 1. The predicted octanol–water partition coefficient (Wildman–Crippen LogP) is 3.59. The summed E-state index contributed by atoms with van der Waals surface area (Å²) in [6.07, 6.45) is 2.86. The molecule has 2 N–H and O–H groups in total. The minimum atomic E-state index is -0.987. The number of benzene rings is 1. The molecule has 1 aromatic rings. The van der Waals surface area contributed by atoms with Crippen LogP contribution in [0.1, 0.15) is 57.6 Å². The van der Waals surface area contributed by atoms with Gasteiger partial charge in [0.25, 0.3) is 0 Å². The zero-order chi connectivity index (χ0) is 15.8. The van der Waals surface area contributed by atoms with E-state index in [1.165, 1.54) is 0 Å². The van der Waals surface area contributed by atoms with Crippen molar-refractivity contribution in [2.24, 2.45) is 0 Å². The van der Waals surface area contributed by atoms with Crippen LogP contribution in [0.3, 0.4) is 0 Å². The van der Waals surface area contributed by atoms with Crippen LogP contribution in [0.2, 0.25) is 0 Å². The number of hydrogen-bond donors (Lipinski definition) is 2. The third-order valence-electron chi connectivity index (χ3n) is 4.51. The van der Waals surface area contributed by atoms with Gasteiger partial charge in [0.2, 0.25) is 0 Å². The second-order valence-electron chi connectivity index (χ2n) is 6.92. The third-order valence-corrected chi connectivity index (χ3v) is 4.51. The number of carboxylic acids is 1. The molecule has 2 rings (SSSR count). The van der Waals surface area contributed by atoms with Gasteiger partial charge in [-0.1, -0.05) is 33.6 Å². The standard InChI is InChI=1S/C17H24O4/c1-16(2,3)12-9-11(21-4)10-13(14(12)18)17(15(19)20)7-5-6-8-17/h9-10,18H,5-8H2,1-4H3,(H,19,20). The molecule has 1 aliphatic carbocycles. The SMILES string of the molecule is COc1cc(C(C)(C)C)c(O)c(C2(C(=O)O)CCCC2)c1. The summed E-state index contributed by atoms with van der Waals surface area (Å²) in [6, 6.07) is 3.48. The van der Waals surface area contributed by atoms with Crippen molar-refractivity contribution in [1.82, 2.24) is 0 Å². The second kappa shape index (κ2) is 5.24. The van der Waals surface area contributed by atoms with E-state index in [0.717, 1.165) is 18.4 Å². The molecular formula is C17H24O4. The van der Waals surface area contributed by atoms with Crippen molar-refractivity contribution in [3.8, 4) is 11.5 Å². The molecule has 0 bridgehead atoms. The number of carboxylic acid groups (broad SMARTS) is 1. The van der Waals surface area contributed by atoms with E-state index in [4.69, 9.17) is 4.74 Å². The number of phenols is 1. The van der Waals surface area contributed by atoms with Gasteiger partial charge in [0.1, 0.15) is 11.5 Å². The largest absolute Gasteiger partial charge is 0.507 e. The van der Waals surface area contributed by atoms with Crippen molar-refractivity contribution in [2.45, 2.75) is 57.3 Å². The van der Waals surface area contributed by atoms with Gasteiger partial charge in [-0.05, 0) is 30.4 Å². The summed E-state index contributed by atoms with van der Waals surface area (Å²) >= 11 is 0. The number of phenolic OH excluding ortho intramolecular Hbond substituents is 1. The van der Waals surface area contributed by atoms with E-state index in [-0.39, 0.29) is 11.2 Å². The van der Waals surface area contributed by atoms with E-state index in [9.17, 15) is 15.0 Å². The molecule has 0 atom stereocenters. The van der Waals surface area contributed by atoms with Crippen LogP contribution in [0, 0.1) is 0 Å². The van der Waals surface area contributed by atoms with E-state index in [2.05, 4.69) is 0 Å². The molecule has 21 heavy (non-hydrogen) atoms. The minimum Gasteiger partial charge on any atom is -0.507 e. The first-order valence-electron chi connectivity index (χ1n) is 7.38. The van der Waals surface area contributed by atoms with Crippen molar-refractivity contribution < 1.29 is 19.7 Å². The Morgan fingerprint density at radius 1 is 1.24 bits per heavy atom. The van der Waals surface area contributed by atoms with E-state index in [1.54, 1.807) is 19.2 Å². The van der Waals surface area contributed by atoms with E-state index in [0.29, 0.717) is 24.2 Å². The lowest BCUT2D eigenvalue weighted by Crippen LogP contribution is -2.33. The third kappa shape index (κ3) is 2.59. The van der Waals surface area contributed by atoms with Gasteiger partial charge in [-0.3, -0.25) is 4.79 Å². The quantitative estimate of drug-likeness (QED) is 0.893. The molecule has 1 aliphatic rings. The van der Waals surface area contributed by atoms with Gasteiger partial charge in [-0.15, -0.1) is 0 Å². The molecule has 0 unspecified atom stereocenters. The van der Waals surface area contributed by atoms with E-state index in [1.807, 2.05) is 20.8 Å². The van der Waals surface area contributed by atoms with Crippen LogP contribution >= 0.6 is 0 Å². The van der Waals surface area contributed by atoms with Gasteiger partial charge in [-0.25, -0.2) is 0 Å². The molecule has 0 saturated heterocycles. The predicted molar refractivity (Wildman–Crippen MR) is 81.1 cm³/mol. The molecule has 0 amide bonds. The van der Waals surface area contributed by atoms with Crippen LogP contribution in [-0.4, -0.2) is 23.3 Å². The molecule has 4 heteroatoms. The minimum absolute atomic E-state index is 0.104. The Kier molecular flexibility index (Phi) is 3.91. The zero-order valence-corrected chi connectivity index (χ0v) is 13.2. The fourth-order valence-electron chi connectivity index (χ4n) is 3.24. The lowest BCUT2D eigenvalue weighted by Gasteiger charge is -2.30. The van der Waals surface area contributed by atoms with Crippen LogP contribution in [-0.2, 0) is 15.6 Å². The molecule has 0 spiro atoms. The Morgan fingerprint density at radius 3 is 2.24 bits per heavy atom. The van der Waals surface area contributed by atoms with Crippen LogP contribution in [0.25, 0.3) is 0 Å². The Bertz CT molecular complexity index is 549. The second-order valence-corrected chi connectivity index (χ2v) is 6.92. The van der Waals surface area contributed by atoms with E-state index < -0.39 is 11.4 Å². The molecular weight excluding hydrogens is 268 g/mol. The highest BCUT2D eigenvalue weighted by atomic mass is 16.5. The molecule has 0 heterocycles. The molecule has 4 nitrogen and oxygen atoms in total. The van der Waals surface area contributed by atoms with Crippen molar-refractivity contribution in [1.29, 1.82) is 0 Å². The molecule has 0 radical (unpaired) electrons. The summed E-state index contributed by atoms with van der Waals surface area (Å²) in [4.78, 5) is 11.9. The van der Waals surface area contributed by atoms with Gasteiger partial charge in [0.05, 0.1) is 12.5 Å². The average Bonchev–Trinajstić information content (AvgIpc) is 2.88. The van der Waals surface area contributed by atoms with Crippen LogP contribution in [0.5, 0.6) is 11.5 Å². The molecule has 0 aromatic heterocycles. The van der Waals surface area contributed by atoms with Crippen LogP contribution in [0.15, 0.2) is 12.1 Å². The number of rotatable bonds is 3. The Morgan fingerprint density at radius 2 is 1.81 bits per heavy atom. The van der Waals surface area contributed by atoms with Gasteiger partial charge in [0.15, 0.2) is 0 Å². The molecule has 0 aliphatic heterocycles. The smallest absolute Gasteiger partial charge is 0.314 e. The number of aromatic hydroxyl groups is 1. The first kappa shape index (κ1) is 15.7. The summed E-state index contributed by atoms with van der Waals surface area (Å²) in [5.74, 6) is -0.156. The fourth-order valence-corrected chi connectivity index (χ4v) is 3.24. The molecule has 1 saturated carbocycles. The average molecular weight is 292 g/mol. The maximum absolute atomic E-state index is 11.9. The highest BCUT2D eigenvalue weighted by Gasteiger charge is 2.45. The molecule has 116 valence electrons. The van der Waals surface area contributed by atoms with Crippen LogP contribution < -0.4 is 4.74 Å². The van der Waals surface area contributed by atoms with Gasteiger partial charge in [-0.2, -0.15) is 0 Å². The number of hydrogen-bond acceptors (Lipinski definition) is 3. The van der Waals surface area contributed by atoms with Gasteiger partial charge < -0.3 is 14.9 Å². The van der Waals surface area contributed by atoms with E-state index >= 15 is 0 Å². The fraction of sp³-hybridized carbons (Fsp3) is 0.588. The maximum Gasteiger partial charge on any atom is 0.314 e. The van der Waals surface area contributed by atoms with Crippen LogP contribution in [0.4, 0.5) is 0 Å². The van der Waals surface area contributed by atoms with Crippen molar-refractivity contribution in [3.05, 3.63) is 23.3 Å². The summed E-state index contributed by atoms with van der Waals surface area (Å²) in [5, 5.41) is 20.4. The molecule has 1 aromatic carbocycles. The van der Waals surface area contributed by atoms with Crippen molar-refractivity contribution >= 4 is 5.97 Å². The highest BCUT2D eigenvalue weighted by Crippen LogP contribution is 2.48. The lowest BCUT2D eigenvalue weighted by molar-refractivity contribution is -0.143. The monoisotopic (exact) mass is 292 g/mol. The lowest BCUT2D eigenvalue weighted by atomic mass is 9.75. The zero-order valence-electron chi connectivity index (χ0n) is 13.2. The van der Waals surface area contributed by atoms with Gasteiger partial charge >= 0.3 is 5.97 Å². The first-order chi connectivity index (χ1) is 9.72. The van der Waals surface area contributed by atoms with Crippen molar-refractivity contribution in [3.63, 3.8) is 0 Å². The maximum atomic E-state index is 11.9.